The SMILES string of the molecule is c1ccc(C(c2ccccn2)n2ccnc2)cc1. The molecular weight excluding hydrogens is 222 g/mol. The van der Waals surface area contributed by atoms with Gasteiger partial charge in [0.1, 0.15) is 6.04 Å². The van der Waals surface area contributed by atoms with Crippen molar-refractivity contribution in [3.05, 3.63) is 84.7 Å². The molecule has 3 aromatic rings. The van der Waals surface area contributed by atoms with Gasteiger partial charge in [-0.05, 0) is 17.7 Å². The highest BCUT2D eigenvalue weighted by Crippen LogP contribution is 2.24. The number of benzene rings is 1. The van der Waals surface area contributed by atoms with Crippen LogP contribution in [-0.4, -0.2) is 14.5 Å². The first-order chi connectivity index (χ1) is 8.95. The van der Waals surface area contributed by atoms with Crippen molar-refractivity contribution in [3.8, 4) is 0 Å². The van der Waals surface area contributed by atoms with Crippen molar-refractivity contribution >= 4 is 0 Å². The topological polar surface area (TPSA) is 30.7 Å². The summed E-state index contributed by atoms with van der Waals surface area (Å²) in [5, 5.41) is 0. The molecule has 3 rings (SSSR count). The Hall–Kier alpha value is -2.42. The first-order valence-electron chi connectivity index (χ1n) is 5.88. The van der Waals surface area contributed by atoms with Crippen molar-refractivity contribution in [2.24, 2.45) is 0 Å². The number of nitrogens with zero attached hydrogens (tertiary/aromatic N) is 3. The summed E-state index contributed by atoms with van der Waals surface area (Å²) in [7, 11) is 0. The smallest absolute Gasteiger partial charge is 0.102 e. The molecule has 0 amide bonds. The van der Waals surface area contributed by atoms with Crippen LogP contribution in [0.3, 0.4) is 0 Å². The standard InChI is InChI=1S/C15H13N3/c1-2-6-13(7-3-1)15(18-11-10-16-12-18)14-8-4-5-9-17-14/h1-12,15H. The maximum atomic E-state index is 4.46. The lowest BCUT2D eigenvalue weighted by atomic mass is 10.0. The second-order valence-electron chi connectivity index (χ2n) is 4.08. The van der Waals surface area contributed by atoms with Crippen LogP contribution < -0.4 is 0 Å². The molecule has 1 unspecified atom stereocenters. The fraction of sp³-hybridized carbons (Fsp3) is 0.0667. The number of hydrogen-bond donors (Lipinski definition) is 0. The van der Waals surface area contributed by atoms with E-state index in [0.29, 0.717) is 0 Å². The van der Waals surface area contributed by atoms with Gasteiger partial charge in [0.25, 0.3) is 0 Å². The first kappa shape index (κ1) is 10.7. The van der Waals surface area contributed by atoms with E-state index in [4.69, 9.17) is 0 Å². The summed E-state index contributed by atoms with van der Waals surface area (Å²) in [6, 6.07) is 16.4. The minimum Gasteiger partial charge on any atom is -0.324 e. The molecule has 0 fully saturated rings. The highest BCUT2D eigenvalue weighted by Gasteiger charge is 2.16. The van der Waals surface area contributed by atoms with Gasteiger partial charge in [-0.2, -0.15) is 0 Å². The summed E-state index contributed by atoms with van der Waals surface area (Å²) in [6.45, 7) is 0. The summed E-state index contributed by atoms with van der Waals surface area (Å²) in [5.41, 5.74) is 2.22. The molecule has 0 saturated heterocycles. The normalized spacial score (nSPS) is 12.2. The Morgan fingerprint density at radius 2 is 1.72 bits per heavy atom. The van der Waals surface area contributed by atoms with E-state index in [-0.39, 0.29) is 6.04 Å². The number of hydrogen-bond acceptors (Lipinski definition) is 2. The molecule has 18 heavy (non-hydrogen) atoms. The Morgan fingerprint density at radius 1 is 0.889 bits per heavy atom. The van der Waals surface area contributed by atoms with Crippen LogP contribution in [0.15, 0.2) is 73.4 Å². The Morgan fingerprint density at radius 3 is 2.39 bits per heavy atom. The highest BCUT2D eigenvalue weighted by molar-refractivity contribution is 5.28. The van der Waals surface area contributed by atoms with Gasteiger partial charge in [0, 0.05) is 18.6 Å². The largest absolute Gasteiger partial charge is 0.324 e. The summed E-state index contributed by atoms with van der Waals surface area (Å²) < 4.78 is 2.07. The second kappa shape index (κ2) is 4.84. The number of rotatable bonds is 3. The monoisotopic (exact) mass is 235 g/mol. The Bertz CT molecular complexity index is 549. The minimum absolute atomic E-state index is 0.0786. The fourth-order valence-electron chi connectivity index (χ4n) is 2.09. The molecule has 2 aromatic heterocycles. The Kier molecular flexibility index (Phi) is 2.88. The number of imidazole rings is 1. The van der Waals surface area contributed by atoms with E-state index in [1.165, 1.54) is 5.56 Å². The van der Waals surface area contributed by atoms with Gasteiger partial charge in [-0.25, -0.2) is 4.98 Å². The molecule has 3 heteroatoms. The third kappa shape index (κ3) is 2.02. The van der Waals surface area contributed by atoms with Crippen LogP contribution in [0, 0.1) is 0 Å². The van der Waals surface area contributed by atoms with E-state index >= 15 is 0 Å². The molecule has 0 radical (unpaired) electrons. The van der Waals surface area contributed by atoms with Crippen LogP contribution >= 0.6 is 0 Å². The van der Waals surface area contributed by atoms with Gasteiger partial charge in [-0.3, -0.25) is 4.98 Å². The van der Waals surface area contributed by atoms with Crippen LogP contribution in [-0.2, 0) is 0 Å². The van der Waals surface area contributed by atoms with Crippen LogP contribution in [0.4, 0.5) is 0 Å². The van der Waals surface area contributed by atoms with E-state index in [2.05, 4.69) is 26.7 Å². The molecule has 1 aromatic carbocycles. The van der Waals surface area contributed by atoms with Gasteiger partial charge in [-0.15, -0.1) is 0 Å². The van der Waals surface area contributed by atoms with Gasteiger partial charge >= 0.3 is 0 Å². The molecule has 0 saturated carbocycles. The molecule has 0 aliphatic carbocycles. The van der Waals surface area contributed by atoms with Crippen molar-refractivity contribution in [1.82, 2.24) is 14.5 Å². The average Bonchev–Trinajstić information content (AvgIpc) is 2.95. The minimum atomic E-state index is 0.0786. The summed E-state index contributed by atoms with van der Waals surface area (Å²) in [5.74, 6) is 0. The molecular formula is C15H13N3. The molecule has 0 N–H and O–H groups in total. The molecule has 0 bridgehead atoms. The van der Waals surface area contributed by atoms with Gasteiger partial charge < -0.3 is 4.57 Å². The molecule has 1 atom stereocenters. The summed E-state index contributed by atoms with van der Waals surface area (Å²) in [4.78, 5) is 8.59. The van der Waals surface area contributed by atoms with Crippen molar-refractivity contribution in [3.63, 3.8) is 0 Å². The third-order valence-electron chi connectivity index (χ3n) is 2.91. The number of aromatic nitrogens is 3. The highest BCUT2D eigenvalue weighted by atomic mass is 15.1. The zero-order valence-electron chi connectivity index (χ0n) is 9.85. The zero-order chi connectivity index (χ0) is 12.2. The second-order valence-corrected chi connectivity index (χ2v) is 4.08. The fourth-order valence-corrected chi connectivity index (χ4v) is 2.09. The van der Waals surface area contributed by atoms with E-state index in [0.717, 1.165) is 5.69 Å². The van der Waals surface area contributed by atoms with Gasteiger partial charge in [0.2, 0.25) is 0 Å². The number of pyridine rings is 1. The molecule has 0 aliphatic heterocycles. The van der Waals surface area contributed by atoms with Crippen LogP contribution in [0.2, 0.25) is 0 Å². The van der Waals surface area contributed by atoms with Crippen molar-refractivity contribution in [2.45, 2.75) is 6.04 Å². The van der Waals surface area contributed by atoms with Gasteiger partial charge in [0.15, 0.2) is 0 Å². The quantitative estimate of drug-likeness (QED) is 0.698. The summed E-state index contributed by atoms with van der Waals surface area (Å²) >= 11 is 0. The predicted octanol–water partition coefficient (Wildman–Crippen LogP) is 2.92. The Balaban J connectivity index is 2.11. The van der Waals surface area contributed by atoms with Gasteiger partial charge in [-0.1, -0.05) is 36.4 Å². The van der Waals surface area contributed by atoms with E-state index in [1.807, 2.05) is 55.1 Å². The summed E-state index contributed by atoms with van der Waals surface area (Å²) in [6.07, 6.45) is 7.40. The Labute approximate surface area is 106 Å². The van der Waals surface area contributed by atoms with Crippen LogP contribution in [0.1, 0.15) is 17.3 Å². The van der Waals surface area contributed by atoms with E-state index in [1.54, 1.807) is 6.20 Å². The van der Waals surface area contributed by atoms with E-state index in [9.17, 15) is 0 Å². The lowest BCUT2D eigenvalue weighted by Crippen LogP contribution is -2.11. The average molecular weight is 235 g/mol. The lowest BCUT2D eigenvalue weighted by molar-refractivity contribution is 0.657. The van der Waals surface area contributed by atoms with Crippen molar-refractivity contribution in [2.75, 3.05) is 0 Å². The first-order valence-corrected chi connectivity index (χ1v) is 5.88. The maximum absolute atomic E-state index is 4.46. The van der Waals surface area contributed by atoms with Gasteiger partial charge in [0.05, 0.1) is 12.0 Å². The van der Waals surface area contributed by atoms with Crippen molar-refractivity contribution < 1.29 is 0 Å². The van der Waals surface area contributed by atoms with E-state index < -0.39 is 0 Å². The molecule has 0 aliphatic rings. The lowest BCUT2D eigenvalue weighted by Gasteiger charge is -2.18. The maximum Gasteiger partial charge on any atom is 0.102 e. The predicted molar refractivity (Wildman–Crippen MR) is 70.1 cm³/mol. The van der Waals surface area contributed by atoms with Crippen LogP contribution in [0.5, 0.6) is 0 Å². The molecule has 3 nitrogen and oxygen atoms in total. The van der Waals surface area contributed by atoms with Crippen LogP contribution in [0.25, 0.3) is 0 Å². The third-order valence-corrected chi connectivity index (χ3v) is 2.91. The van der Waals surface area contributed by atoms with Crippen molar-refractivity contribution in [1.29, 1.82) is 0 Å². The molecule has 0 spiro atoms. The zero-order valence-corrected chi connectivity index (χ0v) is 9.85. The molecule has 2 heterocycles. The molecule has 88 valence electrons.